The fourth-order valence-electron chi connectivity index (χ4n) is 5.18. The lowest BCUT2D eigenvalue weighted by atomic mass is 9.72. The number of hydrogen-bond donors (Lipinski definition) is 6. The molecule has 0 unspecified atom stereocenters. The molecular weight excluding hydrogens is 506 g/mol. The number of primary amides is 1. The number of benzene rings is 1. The molecule has 0 aromatic heterocycles. The number of carbonyl (C=O) groups excluding carboxylic acids is 4. The molecule has 0 saturated heterocycles. The van der Waals surface area contributed by atoms with Crippen LogP contribution >= 0.6 is 0 Å². The van der Waals surface area contributed by atoms with Gasteiger partial charge in [0.15, 0.2) is 11.6 Å². The fraction of sp³-hybridized carbons (Fsp3) is 0.429. The minimum absolute atomic E-state index is 0.0635. The number of phenolic OH excluding ortho intramolecular Hbond substituents is 1. The number of likely N-dealkylation sites (N-methyl/N-ethyl adjacent to an activating group) is 1. The molecule has 2 aliphatic carbocycles. The van der Waals surface area contributed by atoms with E-state index in [9.17, 15) is 39.6 Å². The molecule has 2 aliphatic rings. The molecule has 3 atom stereocenters. The van der Waals surface area contributed by atoms with Crippen LogP contribution in [0.25, 0.3) is 6.08 Å². The Bertz CT molecular complexity index is 1320. The molecule has 0 heterocycles. The number of hydrogen-bond acceptors (Lipinski definition) is 9. The van der Waals surface area contributed by atoms with Crippen molar-refractivity contribution in [1.29, 1.82) is 0 Å². The van der Waals surface area contributed by atoms with E-state index in [2.05, 4.69) is 5.32 Å². The van der Waals surface area contributed by atoms with Crippen molar-refractivity contribution in [2.24, 2.45) is 11.7 Å². The van der Waals surface area contributed by atoms with Crippen molar-refractivity contribution in [1.82, 2.24) is 10.2 Å². The highest BCUT2D eigenvalue weighted by Crippen LogP contribution is 2.41. The van der Waals surface area contributed by atoms with Gasteiger partial charge < -0.3 is 31.5 Å². The number of nitrogens with zero attached hydrogens (tertiary/aromatic N) is 1. The molecule has 0 saturated carbocycles. The number of allylic oxidation sites excluding steroid dienone is 2. The second-order valence-corrected chi connectivity index (χ2v) is 11.1. The summed E-state index contributed by atoms with van der Waals surface area (Å²) in [5.74, 6) is -5.92. The third-order valence-corrected chi connectivity index (χ3v) is 6.72. The van der Waals surface area contributed by atoms with E-state index in [1.807, 2.05) is 20.8 Å². The highest BCUT2D eigenvalue weighted by molar-refractivity contribution is 6.20. The summed E-state index contributed by atoms with van der Waals surface area (Å²) in [5, 5.41) is 46.3. The summed E-state index contributed by atoms with van der Waals surface area (Å²) in [6.07, 6.45) is 0.546. The van der Waals surface area contributed by atoms with Gasteiger partial charge in [0.05, 0.1) is 24.1 Å². The standard InChI is InChI=1S/C28H35N3O8/c1-28(2,3)30-20(36)9-7-13-6-8-16(32)22-15(13)10-14-11-19(35)24(31(4)5)26(38)23(27(29)39)18(34)12-17(33)21(14)25(22)37/h6-9,14,19,24,32-33,35,38H,10-12H2,1-5H3,(H2,29,39)(H,30,36)/b9-7+,21-17-,26-23-/t14-,19-,24-/m0/s1. The molecule has 210 valence electrons. The van der Waals surface area contributed by atoms with Crippen molar-refractivity contribution in [2.75, 3.05) is 14.1 Å². The Morgan fingerprint density at radius 1 is 1.13 bits per heavy atom. The Balaban J connectivity index is 2.16. The lowest BCUT2D eigenvalue weighted by Crippen LogP contribution is -2.45. The molecule has 11 heteroatoms. The topological polar surface area (TPSA) is 190 Å². The summed E-state index contributed by atoms with van der Waals surface area (Å²) in [6, 6.07) is 1.64. The molecule has 0 aliphatic heterocycles. The highest BCUT2D eigenvalue weighted by atomic mass is 16.3. The predicted molar refractivity (Wildman–Crippen MR) is 143 cm³/mol. The summed E-state index contributed by atoms with van der Waals surface area (Å²) in [6.45, 7) is 5.49. The van der Waals surface area contributed by atoms with E-state index in [0.29, 0.717) is 11.1 Å². The van der Waals surface area contributed by atoms with Crippen molar-refractivity contribution < 1.29 is 39.6 Å². The van der Waals surface area contributed by atoms with E-state index >= 15 is 0 Å². The number of nitrogens with one attached hydrogen (secondary N) is 1. The maximum atomic E-state index is 13.7. The fourth-order valence-corrected chi connectivity index (χ4v) is 5.18. The molecular formula is C28H35N3O8. The Morgan fingerprint density at radius 2 is 1.77 bits per heavy atom. The van der Waals surface area contributed by atoms with Crippen LogP contribution in [0.2, 0.25) is 0 Å². The van der Waals surface area contributed by atoms with Gasteiger partial charge in [0.1, 0.15) is 22.8 Å². The van der Waals surface area contributed by atoms with Crippen LogP contribution in [0.4, 0.5) is 0 Å². The maximum Gasteiger partial charge on any atom is 0.255 e. The Kier molecular flexibility index (Phi) is 8.37. The predicted octanol–water partition coefficient (Wildman–Crippen LogP) is 1.44. The largest absolute Gasteiger partial charge is 0.511 e. The van der Waals surface area contributed by atoms with Crippen molar-refractivity contribution in [3.05, 3.63) is 57.6 Å². The first kappa shape index (κ1) is 29.6. The summed E-state index contributed by atoms with van der Waals surface area (Å²) in [7, 11) is 3.05. The van der Waals surface area contributed by atoms with Gasteiger partial charge in [-0.05, 0) is 76.9 Å². The monoisotopic (exact) mass is 541 g/mol. The van der Waals surface area contributed by atoms with Gasteiger partial charge in [-0.25, -0.2) is 0 Å². The maximum absolute atomic E-state index is 13.7. The van der Waals surface area contributed by atoms with Crippen molar-refractivity contribution in [3.8, 4) is 5.75 Å². The SMILES string of the molecule is CN(C)[C@@H]1/C(O)=C(/C(N)=O)C(=O)C/C(O)=C2/C(=O)c3c(O)ccc(/C=C/C(=O)NC(C)(C)C)c3C[C@H]2C[C@@H]1O. The minimum atomic E-state index is -1.39. The number of aliphatic hydroxyl groups is 3. The molecule has 3 rings (SSSR count). The highest BCUT2D eigenvalue weighted by Gasteiger charge is 2.41. The number of nitrogens with two attached hydrogens (primary N) is 1. The van der Waals surface area contributed by atoms with Crippen LogP contribution in [0.3, 0.4) is 0 Å². The van der Waals surface area contributed by atoms with Crippen LogP contribution in [0, 0.1) is 5.92 Å². The zero-order valence-electron chi connectivity index (χ0n) is 22.6. The van der Waals surface area contributed by atoms with Gasteiger partial charge >= 0.3 is 0 Å². The molecule has 0 radical (unpaired) electrons. The molecule has 11 nitrogen and oxygen atoms in total. The lowest BCUT2D eigenvalue weighted by molar-refractivity contribution is -0.121. The summed E-state index contributed by atoms with van der Waals surface area (Å²) < 4.78 is 0. The normalized spacial score (nSPS) is 26.4. The average molecular weight is 542 g/mol. The number of carbonyl (C=O) groups is 4. The van der Waals surface area contributed by atoms with Crippen LogP contribution in [0.1, 0.15) is 55.1 Å². The van der Waals surface area contributed by atoms with Gasteiger partial charge in [0, 0.05) is 17.2 Å². The smallest absolute Gasteiger partial charge is 0.255 e. The van der Waals surface area contributed by atoms with E-state index in [4.69, 9.17) is 5.73 Å². The minimum Gasteiger partial charge on any atom is -0.511 e. The summed E-state index contributed by atoms with van der Waals surface area (Å²) in [4.78, 5) is 52.4. The van der Waals surface area contributed by atoms with Gasteiger partial charge in [0.2, 0.25) is 5.91 Å². The molecule has 39 heavy (non-hydrogen) atoms. The first-order chi connectivity index (χ1) is 18.0. The van der Waals surface area contributed by atoms with E-state index in [1.165, 1.54) is 37.2 Å². The van der Waals surface area contributed by atoms with Crippen LogP contribution in [-0.2, 0) is 20.8 Å². The second kappa shape index (κ2) is 11.0. The van der Waals surface area contributed by atoms with E-state index < -0.39 is 64.6 Å². The number of Topliss-reactive ketones (excluding diaryl/α,β-unsaturated/α-hetero) is 2. The van der Waals surface area contributed by atoms with Crippen LogP contribution < -0.4 is 11.1 Å². The van der Waals surface area contributed by atoms with E-state index in [0.717, 1.165) is 0 Å². The Morgan fingerprint density at radius 3 is 2.33 bits per heavy atom. The first-order valence-corrected chi connectivity index (χ1v) is 12.5. The molecule has 7 N–H and O–H groups in total. The Hall–Kier alpha value is -3.96. The van der Waals surface area contributed by atoms with Gasteiger partial charge in [0.25, 0.3) is 5.91 Å². The average Bonchev–Trinajstić information content (AvgIpc) is 2.76. The zero-order valence-corrected chi connectivity index (χ0v) is 22.6. The van der Waals surface area contributed by atoms with E-state index in [-0.39, 0.29) is 35.6 Å². The van der Waals surface area contributed by atoms with Gasteiger partial charge in [-0.3, -0.25) is 24.1 Å². The molecule has 0 spiro atoms. The third kappa shape index (κ3) is 6.21. The number of phenols is 1. The quantitative estimate of drug-likeness (QED) is 0.242. The molecule has 0 bridgehead atoms. The Labute approximate surface area is 226 Å². The number of aliphatic hydroxyl groups excluding tert-OH is 3. The van der Waals surface area contributed by atoms with Crippen LogP contribution in [0.5, 0.6) is 5.75 Å². The molecule has 1 aromatic rings. The second-order valence-electron chi connectivity index (χ2n) is 11.1. The summed E-state index contributed by atoms with van der Waals surface area (Å²) >= 11 is 0. The van der Waals surface area contributed by atoms with Gasteiger partial charge in [-0.15, -0.1) is 0 Å². The number of amides is 2. The van der Waals surface area contributed by atoms with Crippen molar-refractivity contribution in [2.45, 2.75) is 57.7 Å². The van der Waals surface area contributed by atoms with Crippen LogP contribution in [-0.4, -0.2) is 80.5 Å². The number of fused-ring (bicyclic) bond motifs is 2. The molecule has 0 fully saturated rings. The van der Waals surface area contributed by atoms with Crippen molar-refractivity contribution >= 4 is 29.5 Å². The summed E-state index contributed by atoms with van der Waals surface area (Å²) in [5.41, 5.74) is 4.70. The molecule has 2 amide bonds. The van der Waals surface area contributed by atoms with Gasteiger partial charge in [-0.1, -0.05) is 6.07 Å². The number of ketones is 2. The number of rotatable bonds is 4. The number of aromatic hydroxyl groups is 1. The van der Waals surface area contributed by atoms with Crippen molar-refractivity contribution in [3.63, 3.8) is 0 Å². The van der Waals surface area contributed by atoms with E-state index in [1.54, 1.807) is 6.07 Å². The third-order valence-electron chi connectivity index (χ3n) is 6.72. The zero-order chi connectivity index (χ0) is 29.4. The lowest BCUT2D eigenvalue weighted by Gasteiger charge is -2.35. The first-order valence-electron chi connectivity index (χ1n) is 12.5. The van der Waals surface area contributed by atoms with Gasteiger partial charge in [-0.2, -0.15) is 0 Å². The molecule has 1 aromatic carbocycles. The van der Waals surface area contributed by atoms with Crippen LogP contribution in [0.15, 0.2) is 40.9 Å².